The quantitative estimate of drug-likeness (QED) is 0.764. The van der Waals surface area contributed by atoms with Crippen LogP contribution in [0.25, 0.3) is 5.57 Å². The number of methoxy groups -OCH3 is 3. The number of esters is 1. The van der Waals surface area contributed by atoms with Crippen molar-refractivity contribution in [3.05, 3.63) is 71.0 Å². The fourth-order valence-corrected chi connectivity index (χ4v) is 2.93. The molecule has 134 valence electrons. The first-order chi connectivity index (χ1) is 12.6. The Bertz CT molecular complexity index is 909. The molecule has 2 aromatic rings. The third-order valence-electron chi connectivity index (χ3n) is 4.18. The van der Waals surface area contributed by atoms with Gasteiger partial charge in [-0.3, -0.25) is 0 Å². The van der Waals surface area contributed by atoms with Gasteiger partial charge in [-0.05, 0) is 54.0 Å². The minimum Gasteiger partial charge on any atom is -0.496 e. The average Bonchev–Trinajstić information content (AvgIpc) is 3.07. The third kappa shape index (κ3) is 3.28. The fourth-order valence-electron chi connectivity index (χ4n) is 2.93. The minimum atomic E-state index is -0.386. The highest BCUT2D eigenvalue weighted by molar-refractivity contribution is 5.92. The second-order valence-corrected chi connectivity index (χ2v) is 5.75. The zero-order chi connectivity index (χ0) is 18.7. The molecular formula is C21H20O5. The number of cyclic esters (lactones) is 1. The van der Waals surface area contributed by atoms with E-state index in [2.05, 4.69) is 0 Å². The summed E-state index contributed by atoms with van der Waals surface area (Å²) >= 11 is 0. The second kappa shape index (κ2) is 7.35. The summed E-state index contributed by atoms with van der Waals surface area (Å²) in [5, 5.41) is 0. The highest BCUT2D eigenvalue weighted by Gasteiger charge is 2.20. The molecular weight excluding hydrogens is 332 g/mol. The summed E-state index contributed by atoms with van der Waals surface area (Å²) in [6, 6.07) is 11.4. The minimum absolute atomic E-state index is 0.386. The van der Waals surface area contributed by atoms with Crippen molar-refractivity contribution in [3.8, 4) is 17.2 Å². The van der Waals surface area contributed by atoms with Crippen LogP contribution in [0, 0.1) is 6.92 Å². The molecule has 0 N–H and O–H groups in total. The van der Waals surface area contributed by atoms with E-state index in [4.69, 9.17) is 18.9 Å². The molecule has 1 aliphatic rings. The van der Waals surface area contributed by atoms with E-state index in [0.29, 0.717) is 17.3 Å². The number of carbonyl (C=O) groups excluding carboxylic acids is 1. The molecule has 0 aliphatic carbocycles. The predicted octanol–water partition coefficient (Wildman–Crippen LogP) is 3.89. The van der Waals surface area contributed by atoms with Gasteiger partial charge in [0.05, 0.1) is 21.3 Å². The van der Waals surface area contributed by atoms with Gasteiger partial charge in [0, 0.05) is 11.6 Å². The summed E-state index contributed by atoms with van der Waals surface area (Å²) < 4.78 is 21.5. The van der Waals surface area contributed by atoms with Crippen LogP contribution in [-0.2, 0) is 9.53 Å². The highest BCUT2D eigenvalue weighted by Crippen LogP contribution is 2.37. The lowest BCUT2D eigenvalue weighted by Gasteiger charge is -2.15. The van der Waals surface area contributed by atoms with Crippen molar-refractivity contribution in [1.29, 1.82) is 0 Å². The summed E-state index contributed by atoms with van der Waals surface area (Å²) in [7, 11) is 4.81. The van der Waals surface area contributed by atoms with Crippen LogP contribution in [0.4, 0.5) is 0 Å². The number of hydrogen-bond donors (Lipinski definition) is 0. The Morgan fingerprint density at radius 3 is 1.96 bits per heavy atom. The Kier molecular flexibility index (Phi) is 4.98. The molecule has 3 rings (SSSR count). The van der Waals surface area contributed by atoms with Crippen LogP contribution >= 0.6 is 0 Å². The van der Waals surface area contributed by atoms with Gasteiger partial charge >= 0.3 is 5.97 Å². The largest absolute Gasteiger partial charge is 0.496 e. The van der Waals surface area contributed by atoms with Crippen LogP contribution < -0.4 is 14.2 Å². The van der Waals surface area contributed by atoms with E-state index >= 15 is 0 Å². The molecule has 1 aliphatic heterocycles. The lowest BCUT2D eigenvalue weighted by molar-refractivity contribution is -0.132. The van der Waals surface area contributed by atoms with Crippen LogP contribution in [0.5, 0.6) is 17.2 Å². The number of allylic oxidation sites excluding steroid dienone is 1. The molecule has 0 atom stereocenters. The van der Waals surface area contributed by atoms with Crippen molar-refractivity contribution < 1.29 is 23.7 Å². The van der Waals surface area contributed by atoms with Gasteiger partial charge in [-0.1, -0.05) is 12.1 Å². The Balaban J connectivity index is 2.19. The van der Waals surface area contributed by atoms with E-state index in [1.807, 2.05) is 43.3 Å². The predicted molar refractivity (Wildman–Crippen MR) is 98.5 cm³/mol. The molecule has 2 aromatic carbocycles. The normalized spacial score (nSPS) is 14.8. The maximum absolute atomic E-state index is 11.6. The number of aryl methyl sites for hydroxylation is 1. The molecule has 0 bridgehead atoms. The van der Waals surface area contributed by atoms with Gasteiger partial charge in [0.2, 0.25) is 0 Å². The Hall–Kier alpha value is -3.21. The fraction of sp³-hybridized carbons (Fsp3) is 0.190. The summed E-state index contributed by atoms with van der Waals surface area (Å²) in [6.07, 6.45) is 3.08. The van der Waals surface area contributed by atoms with Gasteiger partial charge < -0.3 is 18.9 Å². The zero-order valence-electron chi connectivity index (χ0n) is 15.2. The van der Waals surface area contributed by atoms with Crippen LogP contribution in [0.2, 0.25) is 0 Å². The summed E-state index contributed by atoms with van der Waals surface area (Å²) in [4.78, 5) is 11.6. The molecule has 0 saturated carbocycles. The molecule has 0 spiro atoms. The Labute approximate surface area is 152 Å². The lowest BCUT2D eigenvalue weighted by Crippen LogP contribution is -1.99. The van der Waals surface area contributed by atoms with Gasteiger partial charge in [0.1, 0.15) is 11.5 Å². The van der Waals surface area contributed by atoms with Crippen molar-refractivity contribution >= 4 is 11.5 Å². The van der Waals surface area contributed by atoms with Gasteiger partial charge in [0.25, 0.3) is 0 Å². The summed E-state index contributed by atoms with van der Waals surface area (Å²) in [5.74, 6) is 2.13. The maximum Gasteiger partial charge on any atom is 0.336 e. The average molecular weight is 352 g/mol. The van der Waals surface area contributed by atoms with Crippen molar-refractivity contribution in [3.63, 3.8) is 0 Å². The van der Waals surface area contributed by atoms with Crippen molar-refractivity contribution in [1.82, 2.24) is 0 Å². The van der Waals surface area contributed by atoms with E-state index < -0.39 is 0 Å². The molecule has 0 aromatic heterocycles. The van der Waals surface area contributed by atoms with Crippen LogP contribution in [0.15, 0.2) is 54.3 Å². The van der Waals surface area contributed by atoms with E-state index in [-0.39, 0.29) is 5.97 Å². The molecule has 26 heavy (non-hydrogen) atoms. The SMILES string of the molecule is COc1ccc(/C(=C2\C=CC(=O)O2)c2ccc(OC)c(OC)c2)cc1C. The third-order valence-corrected chi connectivity index (χ3v) is 4.18. The molecule has 5 nitrogen and oxygen atoms in total. The van der Waals surface area contributed by atoms with E-state index in [1.54, 1.807) is 27.4 Å². The first-order valence-corrected chi connectivity index (χ1v) is 8.09. The first kappa shape index (κ1) is 17.6. The summed E-state index contributed by atoms with van der Waals surface area (Å²) in [5.41, 5.74) is 3.53. The molecule has 0 saturated heterocycles. The Morgan fingerprint density at radius 2 is 1.42 bits per heavy atom. The van der Waals surface area contributed by atoms with Gasteiger partial charge in [0.15, 0.2) is 11.5 Å². The molecule has 0 fully saturated rings. The zero-order valence-corrected chi connectivity index (χ0v) is 15.2. The van der Waals surface area contributed by atoms with E-state index in [9.17, 15) is 4.79 Å². The number of benzene rings is 2. The number of carbonyl (C=O) groups is 1. The van der Waals surface area contributed by atoms with Gasteiger partial charge in [-0.2, -0.15) is 0 Å². The number of hydrogen-bond acceptors (Lipinski definition) is 5. The molecule has 0 amide bonds. The Morgan fingerprint density at radius 1 is 0.808 bits per heavy atom. The van der Waals surface area contributed by atoms with E-state index in [1.165, 1.54) is 6.08 Å². The van der Waals surface area contributed by atoms with Gasteiger partial charge in [-0.25, -0.2) is 4.79 Å². The molecule has 0 unspecified atom stereocenters. The standard InChI is InChI=1S/C21H20O5/c1-13-11-14(5-7-16(13)23-2)21(18-9-10-20(22)26-18)15-6-8-17(24-3)19(12-15)25-4/h5-12H,1-4H3/b21-18-. The molecule has 5 heteroatoms. The van der Waals surface area contributed by atoms with Crippen molar-refractivity contribution in [2.75, 3.05) is 21.3 Å². The second-order valence-electron chi connectivity index (χ2n) is 5.75. The molecule has 1 heterocycles. The lowest BCUT2D eigenvalue weighted by atomic mass is 9.94. The van der Waals surface area contributed by atoms with Crippen LogP contribution in [-0.4, -0.2) is 27.3 Å². The topological polar surface area (TPSA) is 54.0 Å². The van der Waals surface area contributed by atoms with Crippen LogP contribution in [0.3, 0.4) is 0 Å². The van der Waals surface area contributed by atoms with Crippen LogP contribution in [0.1, 0.15) is 16.7 Å². The first-order valence-electron chi connectivity index (χ1n) is 8.09. The van der Waals surface area contributed by atoms with E-state index in [0.717, 1.165) is 28.0 Å². The van der Waals surface area contributed by atoms with Gasteiger partial charge in [-0.15, -0.1) is 0 Å². The maximum atomic E-state index is 11.6. The number of ether oxygens (including phenoxy) is 4. The van der Waals surface area contributed by atoms with Crippen molar-refractivity contribution in [2.45, 2.75) is 6.92 Å². The monoisotopic (exact) mass is 352 g/mol. The highest BCUT2D eigenvalue weighted by atomic mass is 16.5. The summed E-state index contributed by atoms with van der Waals surface area (Å²) in [6.45, 7) is 1.97. The van der Waals surface area contributed by atoms with Crippen molar-refractivity contribution in [2.24, 2.45) is 0 Å². The molecule has 0 radical (unpaired) electrons. The number of rotatable bonds is 5. The smallest absolute Gasteiger partial charge is 0.336 e.